The van der Waals surface area contributed by atoms with E-state index < -0.39 is 6.10 Å². The van der Waals surface area contributed by atoms with E-state index in [9.17, 15) is 9.90 Å². The molecular weight excluding hydrogens is 368 g/mol. The largest absolute Gasteiger partial charge is 0.491 e. The molecule has 0 saturated heterocycles. The van der Waals surface area contributed by atoms with Crippen LogP contribution in [0.1, 0.15) is 28.5 Å². The second-order valence-corrected chi connectivity index (χ2v) is 7.05. The smallest absolute Gasteiger partial charge is 0.340 e. The van der Waals surface area contributed by atoms with Crippen LogP contribution in [0.4, 0.5) is 0 Å². The summed E-state index contributed by atoms with van der Waals surface area (Å²) in [5.74, 6) is 0.243. The van der Waals surface area contributed by atoms with Gasteiger partial charge in [0.25, 0.3) is 0 Å². The molecule has 0 saturated carbocycles. The number of benzene rings is 2. The monoisotopic (exact) mass is 396 g/mol. The fraction of sp³-hybridized carbons (Fsp3) is 0.348. The summed E-state index contributed by atoms with van der Waals surface area (Å²) in [6.07, 6.45) is -0.612. The summed E-state index contributed by atoms with van der Waals surface area (Å²) in [5, 5.41) is 13.6. The lowest BCUT2D eigenvalue weighted by Gasteiger charge is -2.12. The van der Waals surface area contributed by atoms with Crippen molar-refractivity contribution in [3.63, 3.8) is 0 Å². The zero-order chi connectivity index (χ0) is 21.0. The van der Waals surface area contributed by atoms with Gasteiger partial charge in [0.1, 0.15) is 18.5 Å². The lowest BCUT2D eigenvalue weighted by Crippen LogP contribution is -2.29. The number of nitrogens with one attached hydrogen (secondary N) is 1. The molecule has 1 heterocycles. The molecule has 6 heteroatoms. The van der Waals surface area contributed by atoms with Crippen molar-refractivity contribution < 1.29 is 19.4 Å². The Morgan fingerprint density at radius 1 is 1.17 bits per heavy atom. The molecular formula is C23H28N2O4. The molecule has 0 bridgehead atoms. The van der Waals surface area contributed by atoms with Crippen molar-refractivity contribution in [2.45, 2.75) is 26.9 Å². The van der Waals surface area contributed by atoms with Crippen LogP contribution in [0.3, 0.4) is 0 Å². The summed E-state index contributed by atoms with van der Waals surface area (Å²) in [4.78, 5) is 12.7. The highest BCUT2D eigenvalue weighted by Crippen LogP contribution is 2.32. The summed E-state index contributed by atoms with van der Waals surface area (Å²) in [7, 11) is 1.78. The van der Waals surface area contributed by atoms with Crippen LogP contribution < -0.4 is 10.1 Å². The molecule has 154 valence electrons. The first-order chi connectivity index (χ1) is 14.0. The molecule has 0 fully saturated rings. The average Bonchev–Trinajstić information content (AvgIpc) is 2.98. The molecule has 6 nitrogen and oxygen atoms in total. The van der Waals surface area contributed by atoms with Gasteiger partial charge in [-0.25, -0.2) is 4.79 Å². The standard InChI is InChI=1S/C23H28N2O4/c1-5-28-23(27)22-16(3)25(17-8-6-15(2)7-9-17)21-11-10-19(12-20(21)22)29-14-18(26)13-24-4/h6-12,18,24,26H,5,13-14H2,1-4H3/t18-/m1/s1. The third kappa shape index (κ3) is 4.44. The zero-order valence-corrected chi connectivity index (χ0v) is 17.4. The maximum absolute atomic E-state index is 12.7. The number of aliphatic hydroxyl groups is 1. The lowest BCUT2D eigenvalue weighted by atomic mass is 10.1. The number of aliphatic hydroxyl groups excluding tert-OH is 1. The molecule has 2 aromatic carbocycles. The van der Waals surface area contributed by atoms with Gasteiger partial charge in [0.05, 0.1) is 17.7 Å². The molecule has 0 spiro atoms. The van der Waals surface area contributed by atoms with Crippen molar-refractivity contribution in [1.29, 1.82) is 0 Å². The first-order valence-corrected chi connectivity index (χ1v) is 9.81. The molecule has 0 unspecified atom stereocenters. The topological polar surface area (TPSA) is 72.7 Å². The quantitative estimate of drug-likeness (QED) is 0.571. The van der Waals surface area contributed by atoms with Gasteiger partial charge in [-0.15, -0.1) is 0 Å². The predicted octanol–water partition coefficient (Wildman–Crippen LogP) is 3.38. The molecule has 0 amide bonds. The van der Waals surface area contributed by atoms with E-state index in [1.807, 2.05) is 56.3 Å². The zero-order valence-electron chi connectivity index (χ0n) is 17.4. The number of likely N-dealkylation sites (N-methyl/N-ethyl adjacent to an activating group) is 1. The van der Waals surface area contributed by atoms with Gasteiger partial charge in [-0.05, 0) is 58.2 Å². The van der Waals surface area contributed by atoms with E-state index in [1.54, 1.807) is 14.0 Å². The van der Waals surface area contributed by atoms with Crippen molar-refractivity contribution in [3.05, 3.63) is 59.3 Å². The minimum atomic E-state index is -0.612. The molecule has 0 aliphatic rings. The molecule has 1 aromatic heterocycles. The fourth-order valence-electron chi connectivity index (χ4n) is 3.46. The number of nitrogens with zero attached hydrogens (tertiary/aromatic N) is 1. The van der Waals surface area contributed by atoms with Gasteiger partial charge in [0.15, 0.2) is 0 Å². The predicted molar refractivity (Wildman–Crippen MR) is 114 cm³/mol. The number of aromatic nitrogens is 1. The Morgan fingerprint density at radius 2 is 1.90 bits per heavy atom. The highest BCUT2D eigenvalue weighted by atomic mass is 16.5. The van der Waals surface area contributed by atoms with Gasteiger partial charge in [-0.3, -0.25) is 0 Å². The Kier molecular flexibility index (Phi) is 6.56. The van der Waals surface area contributed by atoms with Crippen LogP contribution in [0, 0.1) is 13.8 Å². The Morgan fingerprint density at radius 3 is 2.55 bits per heavy atom. The molecule has 3 aromatic rings. The third-order valence-corrected chi connectivity index (χ3v) is 4.83. The van der Waals surface area contributed by atoms with Gasteiger partial charge in [0, 0.05) is 23.3 Å². The minimum Gasteiger partial charge on any atom is -0.491 e. The van der Waals surface area contributed by atoms with Crippen LogP contribution in [0.5, 0.6) is 5.75 Å². The normalized spacial score (nSPS) is 12.2. The van der Waals surface area contributed by atoms with Crippen molar-refractivity contribution in [2.75, 3.05) is 26.8 Å². The fourth-order valence-corrected chi connectivity index (χ4v) is 3.46. The summed E-state index contributed by atoms with van der Waals surface area (Å²) in [5.41, 5.74) is 4.40. The molecule has 2 N–H and O–H groups in total. The number of hydrogen-bond acceptors (Lipinski definition) is 5. The van der Waals surface area contributed by atoms with E-state index in [0.29, 0.717) is 24.5 Å². The number of fused-ring (bicyclic) bond motifs is 1. The van der Waals surface area contributed by atoms with E-state index in [2.05, 4.69) is 9.88 Å². The Bertz CT molecular complexity index is 992. The van der Waals surface area contributed by atoms with Gasteiger partial charge >= 0.3 is 5.97 Å². The second kappa shape index (κ2) is 9.11. The van der Waals surface area contributed by atoms with Crippen molar-refractivity contribution in [3.8, 4) is 11.4 Å². The molecule has 3 rings (SSSR count). The molecule has 0 aliphatic heterocycles. The number of carbonyl (C=O) groups is 1. The number of ether oxygens (including phenoxy) is 2. The number of esters is 1. The summed E-state index contributed by atoms with van der Waals surface area (Å²) in [6.45, 7) is 6.67. The van der Waals surface area contributed by atoms with E-state index in [4.69, 9.17) is 9.47 Å². The van der Waals surface area contributed by atoms with Crippen LogP contribution in [0.2, 0.25) is 0 Å². The summed E-state index contributed by atoms with van der Waals surface area (Å²) in [6, 6.07) is 13.8. The Labute approximate surface area is 171 Å². The maximum atomic E-state index is 12.7. The number of carbonyl (C=O) groups excluding carboxylic acids is 1. The number of hydrogen-bond donors (Lipinski definition) is 2. The summed E-state index contributed by atoms with van der Waals surface area (Å²) >= 11 is 0. The highest BCUT2D eigenvalue weighted by Gasteiger charge is 2.22. The molecule has 1 atom stereocenters. The van der Waals surface area contributed by atoms with E-state index >= 15 is 0 Å². The highest BCUT2D eigenvalue weighted by molar-refractivity contribution is 6.07. The second-order valence-electron chi connectivity index (χ2n) is 7.05. The average molecular weight is 396 g/mol. The van der Waals surface area contributed by atoms with Crippen molar-refractivity contribution in [1.82, 2.24) is 9.88 Å². The molecule has 29 heavy (non-hydrogen) atoms. The first kappa shape index (κ1) is 20.9. The van der Waals surface area contributed by atoms with E-state index in [0.717, 1.165) is 22.3 Å². The van der Waals surface area contributed by atoms with Gasteiger partial charge in [-0.2, -0.15) is 0 Å². The SMILES string of the molecule is CCOC(=O)c1c(C)n(-c2ccc(C)cc2)c2ccc(OC[C@H](O)CNC)cc12. The van der Waals surface area contributed by atoms with Crippen LogP contribution in [-0.2, 0) is 4.74 Å². The third-order valence-electron chi connectivity index (χ3n) is 4.83. The van der Waals surface area contributed by atoms with Gasteiger partial charge in [0.2, 0.25) is 0 Å². The van der Waals surface area contributed by atoms with Gasteiger partial charge < -0.3 is 24.5 Å². The van der Waals surface area contributed by atoms with Crippen LogP contribution in [0.15, 0.2) is 42.5 Å². The van der Waals surface area contributed by atoms with E-state index in [-0.39, 0.29) is 12.6 Å². The first-order valence-electron chi connectivity index (χ1n) is 9.81. The van der Waals surface area contributed by atoms with Crippen LogP contribution in [-0.4, -0.2) is 48.6 Å². The maximum Gasteiger partial charge on any atom is 0.340 e. The van der Waals surface area contributed by atoms with Gasteiger partial charge in [-0.1, -0.05) is 17.7 Å². The molecule has 0 aliphatic carbocycles. The van der Waals surface area contributed by atoms with Crippen LogP contribution in [0.25, 0.3) is 16.6 Å². The Balaban J connectivity index is 2.09. The summed E-state index contributed by atoms with van der Waals surface area (Å²) < 4.78 is 13.1. The van der Waals surface area contributed by atoms with Crippen LogP contribution >= 0.6 is 0 Å². The number of rotatable bonds is 8. The molecule has 0 radical (unpaired) electrons. The van der Waals surface area contributed by atoms with Crippen molar-refractivity contribution >= 4 is 16.9 Å². The van der Waals surface area contributed by atoms with Crippen molar-refractivity contribution in [2.24, 2.45) is 0 Å². The van der Waals surface area contributed by atoms with E-state index in [1.165, 1.54) is 5.56 Å². The lowest BCUT2D eigenvalue weighted by molar-refractivity contribution is 0.0527. The number of aryl methyl sites for hydroxylation is 1. The minimum absolute atomic E-state index is 0.165. The Hall–Kier alpha value is -2.83.